The average molecular weight is 527 g/mol. The largest absolute Gasteiger partial charge is 0.469 e. The summed E-state index contributed by atoms with van der Waals surface area (Å²) in [5, 5.41) is 0. The van der Waals surface area contributed by atoms with Crippen LogP contribution >= 0.6 is 0 Å². The fourth-order valence-electron chi connectivity index (χ4n) is 11.0. The van der Waals surface area contributed by atoms with Crippen molar-refractivity contribution in [2.45, 2.75) is 119 Å². The Kier molecular flexibility index (Phi) is 6.19. The van der Waals surface area contributed by atoms with E-state index in [2.05, 4.69) is 54.5 Å². The smallest absolute Gasteiger partial charge is 0.311 e. The minimum absolute atomic E-state index is 0.0417. The first-order valence-electron chi connectivity index (χ1n) is 15.0. The van der Waals surface area contributed by atoms with E-state index in [1.807, 2.05) is 0 Å². The molecule has 0 unspecified atom stereocenters. The van der Waals surface area contributed by atoms with E-state index in [1.54, 1.807) is 0 Å². The molecule has 0 radical (unpaired) electrons. The lowest BCUT2D eigenvalue weighted by Gasteiger charge is -2.70. The molecule has 5 aliphatic rings. The number of hydrogen-bond donors (Lipinski definition) is 0. The molecule has 4 saturated carbocycles. The summed E-state index contributed by atoms with van der Waals surface area (Å²) in [6, 6.07) is 0. The Morgan fingerprint density at radius 3 is 2.18 bits per heavy atom. The molecule has 5 rings (SSSR count). The number of carbonyl (C=O) groups is 3. The first kappa shape index (κ1) is 27.9. The molecule has 4 fully saturated rings. The average Bonchev–Trinajstić information content (AvgIpc) is 2.82. The summed E-state index contributed by atoms with van der Waals surface area (Å²) in [4.78, 5) is 39.2. The molecular weight excluding hydrogens is 476 g/mol. The predicted molar refractivity (Wildman–Crippen MR) is 147 cm³/mol. The quantitative estimate of drug-likeness (QED) is 0.360. The zero-order valence-corrected chi connectivity index (χ0v) is 25.3. The highest BCUT2D eigenvalue weighted by Gasteiger charge is 2.70. The molecule has 9 atom stereocenters. The van der Waals surface area contributed by atoms with E-state index in [-0.39, 0.29) is 57.0 Å². The van der Waals surface area contributed by atoms with Crippen molar-refractivity contribution in [2.24, 2.45) is 50.2 Å². The van der Waals surface area contributed by atoms with Gasteiger partial charge in [-0.1, -0.05) is 47.1 Å². The van der Waals surface area contributed by atoms with Gasteiger partial charge >= 0.3 is 11.9 Å². The highest BCUT2D eigenvalue weighted by Crippen LogP contribution is 2.75. The van der Waals surface area contributed by atoms with Gasteiger partial charge in [0.25, 0.3) is 0 Å². The summed E-state index contributed by atoms with van der Waals surface area (Å²) in [5.41, 5.74) is 0.416. The lowest BCUT2D eigenvalue weighted by molar-refractivity contribution is -0.210. The molecule has 0 heterocycles. The van der Waals surface area contributed by atoms with Crippen molar-refractivity contribution in [3.05, 3.63) is 11.6 Å². The van der Waals surface area contributed by atoms with E-state index < -0.39 is 5.41 Å². The van der Waals surface area contributed by atoms with Gasteiger partial charge in [0.2, 0.25) is 0 Å². The minimum atomic E-state index is -0.498. The second-order valence-electron chi connectivity index (χ2n) is 15.7. The molecule has 5 nitrogen and oxygen atoms in total. The second-order valence-corrected chi connectivity index (χ2v) is 15.7. The van der Waals surface area contributed by atoms with Crippen molar-refractivity contribution in [2.75, 3.05) is 7.11 Å². The number of methoxy groups -OCH3 is 1. The van der Waals surface area contributed by atoms with Gasteiger partial charge in [-0.2, -0.15) is 0 Å². The van der Waals surface area contributed by atoms with E-state index in [0.29, 0.717) is 11.7 Å². The number of ketones is 1. The molecule has 0 saturated heterocycles. The SMILES string of the molecule is COC(=O)[C@@]1(C)CC[C@]2(C)CC[C@]3(C)C(=CC(=O)[C@@H]4[C@@]5(C)CC[C@H](OC(C)=O)C(C)(C)[C@H]5CC[C@]43C)[C@H]2C1. The Hall–Kier alpha value is -1.65. The zero-order chi connectivity index (χ0) is 28.1. The van der Waals surface area contributed by atoms with Crippen molar-refractivity contribution in [3.8, 4) is 0 Å². The summed E-state index contributed by atoms with van der Waals surface area (Å²) in [6.45, 7) is 17.7. The lowest BCUT2D eigenvalue weighted by Crippen LogP contribution is -2.66. The van der Waals surface area contributed by atoms with Crippen LogP contribution in [0.15, 0.2) is 11.6 Å². The van der Waals surface area contributed by atoms with Crippen LogP contribution in [0.1, 0.15) is 113 Å². The molecule has 0 spiro atoms. The fraction of sp³-hybridized carbons (Fsp3) is 0.848. The van der Waals surface area contributed by atoms with Gasteiger partial charge < -0.3 is 9.47 Å². The number of carbonyl (C=O) groups excluding carboxylic acids is 3. The van der Waals surface area contributed by atoms with Gasteiger partial charge in [0.1, 0.15) is 6.10 Å². The van der Waals surface area contributed by atoms with Crippen LogP contribution in [-0.4, -0.2) is 30.9 Å². The Morgan fingerprint density at radius 2 is 1.55 bits per heavy atom. The molecule has 0 amide bonds. The molecule has 0 bridgehead atoms. The molecule has 0 aliphatic heterocycles. The van der Waals surface area contributed by atoms with Gasteiger partial charge in [0.05, 0.1) is 12.5 Å². The summed E-state index contributed by atoms with van der Waals surface area (Å²) < 4.78 is 11.1. The van der Waals surface area contributed by atoms with E-state index in [4.69, 9.17) is 9.47 Å². The summed E-state index contributed by atoms with van der Waals surface area (Å²) in [7, 11) is 1.50. The number of hydrogen-bond acceptors (Lipinski definition) is 5. The van der Waals surface area contributed by atoms with Crippen LogP contribution in [0.3, 0.4) is 0 Å². The van der Waals surface area contributed by atoms with E-state index >= 15 is 0 Å². The number of ether oxygens (including phenoxy) is 2. The van der Waals surface area contributed by atoms with Crippen molar-refractivity contribution in [1.29, 1.82) is 0 Å². The van der Waals surface area contributed by atoms with Gasteiger partial charge in [0, 0.05) is 18.3 Å². The Labute approximate surface area is 229 Å². The number of allylic oxidation sites excluding steroid dienone is 2. The summed E-state index contributed by atoms with van der Waals surface area (Å²) in [6.07, 6.45) is 10.6. The van der Waals surface area contributed by atoms with E-state index in [0.717, 1.165) is 57.8 Å². The maximum atomic E-state index is 14.4. The molecule has 5 aliphatic carbocycles. The van der Waals surface area contributed by atoms with Crippen LogP contribution in [0.4, 0.5) is 0 Å². The normalized spacial score (nSPS) is 49.4. The standard InChI is InChI=1S/C33H50O5/c1-20(34)38-25-11-12-31(6)24(28(25,2)3)10-13-33(8)26(31)23(35)18-21-22-19-30(5,27(36)37-9)15-14-29(22,4)16-17-32(21,33)7/h18,22,24-26H,10-17,19H2,1-9H3/t22-,24-,25+,26-,29-,30+,31+,32-,33-/m1/s1. The first-order valence-corrected chi connectivity index (χ1v) is 15.0. The highest BCUT2D eigenvalue weighted by molar-refractivity contribution is 5.95. The van der Waals surface area contributed by atoms with Crippen LogP contribution in [0.5, 0.6) is 0 Å². The summed E-state index contributed by atoms with van der Waals surface area (Å²) in [5.74, 6) is 0.474. The molecule has 0 aromatic carbocycles. The van der Waals surface area contributed by atoms with Crippen LogP contribution < -0.4 is 0 Å². The van der Waals surface area contributed by atoms with Gasteiger partial charge in [-0.15, -0.1) is 0 Å². The molecule has 0 N–H and O–H groups in total. The van der Waals surface area contributed by atoms with Gasteiger partial charge in [-0.25, -0.2) is 0 Å². The molecule has 5 heteroatoms. The Bertz CT molecular complexity index is 1090. The van der Waals surface area contributed by atoms with Crippen molar-refractivity contribution < 1.29 is 23.9 Å². The molecule has 0 aromatic heterocycles. The Morgan fingerprint density at radius 1 is 0.895 bits per heavy atom. The fourth-order valence-corrected chi connectivity index (χ4v) is 11.0. The van der Waals surface area contributed by atoms with Gasteiger partial charge in [-0.3, -0.25) is 14.4 Å². The minimum Gasteiger partial charge on any atom is -0.469 e. The maximum absolute atomic E-state index is 14.4. The highest BCUT2D eigenvalue weighted by atomic mass is 16.5. The summed E-state index contributed by atoms with van der Waals surface area (Å²) >= 11 is 0. The molecular formula is C33H50O5. The van der Waals surface area contributed by atoms with Crippen molar-refractivity contribution in [1.82, 2.24) is 0 Å². The third-order valence-corrected chi connectivity index (χ3v) is 13.5. The third-order valence-electron chi connectivity index (χ3n) is 13.5. The van der Waals surface area contributed by atoms with Crippen LogP contribution in [0, 0.1) is 50.2 Å². The molecule has 212 valence electrons. The first-order chi connectivity index (χ1) is 17.5. The van der Waals surface area contributed by atoms with Crippen LogP contribution in [0.25, 0.3) is 0 Å². The second kappa shape index (κ2) is 8.43. The predicted octanol–water partition coefficient (Wildman–Crippen LogP) is 7.07. The van der Waals surface area contributed by atoms with E-state index in [1.165, 1.54) is 19.6 Å². The monoisotopic (exact) mass is 526 g/mol. The van der Waals surface area contributed by atoms with E-state index in [9.17, 15) is 14.4 Å². The number of esters is 2. The van der Waals surface area contributed by atoms with Crippen molar-refractivity contribution >= 4 is 17.7 Å². The zero-order valence-electron chi connectivity index (χ0n) is 25.3. The van der Waals surface area contributed by atoms with Gasteiger partial charge in [-0.05, 0) is 104 Å². The lowest BCUT2D eigenvalue weighted by atomic mass is 9.33. The number of fused-ring (bicyclic) bond motifs is 7. The molecule has 0 aromatic rings. The van der Waals surface area contributed by atoms with Crippen molar-refractivity contribution in [3.63, 3.8) is 0 Å². The topological polar surface area (TPSA) is 69.7 Å². The van der Waals surface area contributed by atoms with Crippen LogP contribution in [0.2, 0.25) is 0 Å². The van der Waals surface area contributed by atoms with Gasteiger partial charge in [0.15, 0.2) is 5.78 Å². The third kappa shape index (κ3) is 3.51. The number of rotatable bonds is 2. The maximum Gasteiger partial charge on any atom is 0.311 e. The van der Waals surface area contributed by atoms with Crippen LogP contribution in [-0.2, 0) is 23.9 Å². The Balaban J connectivity index is 1.57. The molecule has 38 heavy (non-hydrogen) atoms.